The van der Waals surface area contributed by atoms with Crippen molar-refractivity contribution in [2.24, 2.45) is 0 Å². The van der Waals surface area contributed by atoms with Gasteiger partial charge in [-0.3, -0.25) is 4.79 Å². The second-order valence-corrected chi connectivity index (χ2v) is 5.74. The number of halogens is 1. The van der Waals surface area contributed by atoms with Gasteiger partial charge in [0.25, 0.3) is 0 Å². The molecule has 2 rings (SSSR count). The number of benzene rings is 2. The zero-order valence-corrected chi connectivity index (χ0v) is 14.6. The van der Waals surface area contributed by atoms with Gasteiger partial charge in [-0.05, 0) is 35.9 Å². The number of rotatable bonds is 7. The van der Waals surface area contributed by atoms with Gasteiger partial charge in [0.05, 0.1) is 13.0 Å². The number of anilines is 2. The summed E-state index contributed by atoms with van der Waals surface area (Å²) >= 11 is 5.88. The van der Waals surface area contributed by atoms with Crippen LogP contribution in [-0.4, -0.2) is 32.2 Å². The van der Waals surface area contributed by atoms with Gasteiger partial charge in [0.1, 0.15) is 0 Å². The van der Waals surface area contributed by atoms with Crippen LogP contribution in [0.2, 0.25) is 5.02 Å². The maximum atomic E-state index is 12.0. The summed E-state index contributed by atoms with van der Waals surface area (Å²) in [5.74, 6) is -0.0727. The molecule has 0 atom stereocenters. The van der Waals surface area contributed by atoms with E-state index in [9.17, 15) is 9.59 Å². The maximum Gasteiger partial charge on any atom is 0.323 e. The summed E-state index contributed by atoms with van der Waals surface area (Å²) < 4.78 is 4.88. The Bertz CT molecular complexity index is 720. The van der Waals surface area contributed by atoms with Gasteiger partial charge in [0.2, 0.25) is 5.91 Å². The lowest BCUT2D eigenvalue weighted by Crippen LogP contribution is -2.28. The van der Waals surface area contributed by atoms with Crippen molar-refractivity contribution in [2.45, 2.75) is 6.42 Å². The lowest BCUT2D eigenvalue weighted by Gasteiger charge is -2.09. The Balaban J connectivity index is 1.83. The Morgan fingerprint density at radius 2 is 1.76 bits per heavy atom. The first kappa shape index (κ1) is 18.8. The van der Waals surface area contributed by atoms with Crippen LogP contribution in [-0.2, 0) is 16.0 Å². The van der Waals surface area contributed by atoms with Crippen molar-refractivity contribution in [1.82, 2.24) is 5.32 Å². The van der Waals surface area contributed by atoms with Crippen LogP contribution in [0, 0.1) is 0 Å². The molecule has 0 bridgehead atoms. The van der Waals surface area contributed by atoms with Crippen LogP contribution in [0.5, 0.6) is 0 Å². The molecule has 2 aromatic carbocycles. The number of hydrogen-bond acceptors (Lipinski definition) is 3. The van der Waals surface area contributed by atoms with Crippen molar-refractivity contribution in [1.29, 1.82) is 0 Å². The third-order valence-corrected chi connectivity index (χ3v) is 3.52. The van der Waals surface area contributed by atoms with E-state index in [-0.39, 0.29) is 18.4 Å². The van der Waals surface area contributed by atoms with Gasteiger partial charge in [-0.25, -0.2) is 4.79 Å². The number of amides is 3. The molecule has 0 aliphatic carbocycles. The van der Waals surface area contributed by atoms with E-state index in [1.165, 1.54) is 0 Å². The monoisotopic (exact) mass is 361 g/mol. The topological polar surface area (TPSA) is 79.5 Å². The van der Waals surface area contributed by atoms with Crippen molar-refractivity contribution in [3.63, 3.8) is 0 Å². The lowest BCUT2D eigenvalue weighted by molar-refractivity contribution is -0.120. The first-order valence-electron chi connectivity index (χ1n) is 7.75. The fourth-order valence-corrected chi connectivity index (χ4v) is 2.30. The van der Waals surface area contributed by atoms with E-state index >= 15 is 0 Å². The molecule has 0 fully saturated rings. The van der Waals surface area contributed by atoms with Crippen LogP contribution in [0.15, 0.2) is 48.5 Å². The van der Waals surface area contributed by atoms with E-state index in [4.69, 9.17) is 16.3 Å². The Kier molecular flexibility index (Phi) is 7.25. The van der Waals surface area contributed by atoms with Crippen LogP contribution in [0.1, 0.15) is 5.56 Å². The standard InChI is InChI=1S/C18H20ClN3O3/c1-25-10-9-20-17(23)11-13-5-7-15(8-6-13)21-18(24)22-16-4-2-3-14(19)12-16/h2-8,12H,9-11H2,1H3,(H,20,23)(H2,21,22,24). The zero-order chi connectivity index (χ0) is 18.1. The minimum atomic E-state index is -0.368. The fourth-order valence-electron chi connectivity index (χ4n) is 2.11. The third-order valence-electron chi connectivity index (χ3n) is 3.29. The van der Waals surface area contributed by atoms with Crippen LogP contribution in [0.25, 0.3) is 0 Å². The smallest absolute Gasteiger partial charge is 0.323 e. The Morgan fingerprint density at radius 3 is 2.44 bits per heavy atom. The zero-order valence-electron chi connectivity index (χ0n) is 13.8. The highest BCUT2D eigenvalue weighted by molar-refractivity contribution is 6.30. The molecule has 0 saturated carbocycles. The van der Waals surface area contributed by atoms with E-state index in [0.29, 0.717) is 29.5 Å². The number of methoxy groups -OCH3 is 1. The molecular weight excluding hydrogens is 342 g/mol. The summed E-state index contributed by atoms with van der Waals surface area (Å²) in [6.07, 6.45) is 0.276. The molecule has 0 aromatic heterocycles. The van der Waals surface area contributed by atoms with Gasteiger partial charge in [-0.2, -0.15) is 0 Å². The number of nitrogens with one attached hydrogen (secondary N) is 3. The number of ether oxygens (including phenoxy) is 1. The van der Waals surface area contributed by atoms with Gasteiger partial charge >= 0.3 is 6.03 Å². The molecule has 25 heavy (non-hydrogen) atoms. The second-order valence-electron chi connectivity index (χ2n) is 5.31. The summed E-state index contributed by atoms with van der Waals surface area (Å²) in [5, 5.41) is 8.72. The highest BCUT2D eigenvalue weighted by Crippen LogP contribution is 2.16. The number of carbonyl (C=O) groups is 2. The molecule has 3 N–H and O–H groups in total. The minimum Gasteiger partial charge on any atom is -0.383 e. The summed E-state index contributed by atoms with van der Waals surface area (Å²) in [5.41, 5.74) is 2.09. The van der Waals surface area contributed by atoms with Crippen molar-refractivity contribution >= 4 is 34.9 Å². The van der Waals surface area contributed by atoms with Crippen molar-refractivity contribution in [3.05, 3.63) is 59.1 Å². The Labute approximate surface area is 151 Å². The summed E-state index contributed by atoms with van der Waals surface area (Å²) in [6.45, 7) is 0.967. The van der Waals surface area contributed by atoms with Gasteiger partial charge in [-0.15, -0.1) is 0 Å². The van der Waals surface area contributed by atoms with Crippen LogP contribution < -0.4 is 16.0 Å². The minimum absolute atomic E-state index is 0.0727. The van der Waals surface area contributed by atoms with E-state index in [2.05, 4.69) is 16.0 Å². The molecule has 0 unspecified atom stereocenters. The normalized spacial score (nSPS) is 10.2. The molecule has 0 aliphatic heterocycles. The number of urea groups is 1. The van der Waals surface area contributed by atoms with E-state index in [1.54, 1.807) is 55.6 Å². The van der Waals surface area contributed by atoms with E-state index < -0.39 is 0 Å². The Hall–Kier alpha value is -2.57. The molecule has 6 nitrogen and oxygen atoms in total. The van der Waals surface area contributed by atoms with Gasteiger partial charge < -0.3 is 20.7 Å². The Morgan fingerprint density at radius 1 is 1.04 bits per heavy atom. The van der Waals surface area contributed by atoms with Crippen molar-refractivity contribution in [3.8, 4) is 0 Å². The maximum absolute atomic E-state index is 12.0. The average Bonchev–Trinajstić information content (AvgIpc) is 2.57. The molecule has 0 radical (unpaired) electrons. The highest BCUT2D eigenvalue weighted by Gasteiger charge is 2.05. The molecular formula is C18H20ClN3O3. The SMILES string of the molecule is COCCNC(=O)Cc1ccc(NC(=O)Nc2cccc(Cl)c2)cc1. The summed E-state index contributed by atoms with van der Waals surface area (Å²) in [6, 6.07) is 13.6. The highest BCUT2D eigenvalue weighted by atomic mass is 35.5. The molecule has 0 heterocycles. The van der Waals surface area contributed by atoms with Crippen molar-refractivity contribution < 1.29 is 14.3 Å². The molecule has 132 valence electrons. The summed E-state index contributed by atoms with van der Waals surface area (Å²) in [4.78, 5) is 23.7. The summed E-state index contributed by atoms with van der Waals surface area (Å²) in [7, 11) is 1.58. The molecule has 0 spiro atoms. The van der Waals surface area contributed by atoms with E-state index in [0.717, 1.165) is 5.56 Å². The first-order chi connectivity index (χ1) is 12.1. The predicted octanol–water partition coefficient (Wildman–Crippen LogP) is 3.29. The van der Waals surface area contributed by atoms with Gasteiger partial charge in [0, 0.05) is 30.1 Å². The van der Waals surface area contributed by atoms with E-state index in [1.807, 2.05) is 0 Å². The third kappa shape index (κ3) is 6.82. The fraction of sp³-hybridized carbons (Fsp3) is 0.222. The van der Waals surface area contributed by atoms with Crippen molar-refractivity contribution in [2.75, 3.05) is 30.9 Å². The molecule has 0 aliphatic rings. The second kappa shape index (κ2) is 9.66. The molecule has 0 saturated heterocycles. The number of hydrogen-bond donors (Lipinski definition) is 3. The van der Waals surface area contributed by atoms with Crippen LogP contribution in [0.3, 0.4) is 0 Å². The predicted molar refractivity (Wildman–Crippen MR) is 99.1 cm³/mol. The quantitative estimate of drug-likeness (QED) is 0.662. The molecule has 7 heteroatoms. The van der Waals surface area contributed by atoms with Crippen LogP contribution >= 0.6 is 11.6 Å². The average molecular weight is 362 g/mol. The lowest BCUT2D eigenvalue weighted by atomic mass is 10.1. The van der Waals surface area contributed by atoms with Gasteiger partial charge in [0.15, 0.2) is 0 Å². The first-order valence-corrected chi connectivity index (χ1v) is 8.13. The molecule has 3 amide bonds. The number of carbonyl (C=O) groups excluding carboxylic acids is 2. The van der Waals surface area contributed by atoms with Crippen LogP contribution in [0.4, 0.5) is 16.2 Å². The molecule has 2 aromatic rings. The largest absolute Gasteiger partial charge is 0.383 e. The van der Waals surface area contributed by atoms with Gasteiger partial charge in [-0.1, -0.05) is 29.8 Å².